The Morgan fingerprint density at radius 2 is 1.43 bits per heavy atom. The Kier molecular flexibility index (Phi) is 5.35. The molecule has 0 aliphatic carbocycles. The van der Waals surface area contributed by atoms with Gasteiger partial charge in [0.2, 0.25) is 0 Å². The molecule has 4 nitrogen and oxygen atoms in total. The fourth-order valence-electron chi connectivity index (χ4n) is 0.776. The molecule has 1 atom stereocenters. The minimum atomic E-state index is -6.85. The van der Waals surface area contributed by atoms with E-state index in [0.717, 1.165) is 0 Å². The lowest BCUT2D eigenvalue weighted by Gasteiger charge is -2.34. The maximum Gasteiger partial charge on any atom is 0.469 e. The van der Waals surface area contributed by atoms with Crippen LogP contribution in [0.4, 0.5) is 39.5 Å². The van der Waals surface area contributed by atoms with Crippen LogP contribution in [0.1, 0.15) is 0 Å². The van der Waals surface area contributed by atoms with Crippen molar-refractivity contribution in [1.82, 2.24) is 0 Å². The molecule has 0 bridgehead atoms. The van der Waals surface area contributed by atoms with Crippen molar-refractivity contribution in [3.63, 3.8) is 0 Å². The summed E-state index contributed by atoms with van der Waals surface area (Å²) in [5.41, 5.74) is 0. The molecule has 0 radical (unpaired) electrons. The molecule has 0 aromatic carbocycles. The van der Waals surface area contributed by atoms with Gasteiger partial charge in [-0.05, 0) is 0 Å². The van der Waals surface area contributed by atoms with Gasteiger partial charge in [0.1, 0.15) is 0 Å². The first-order valence-electron chi connectivity index (χ1n) is 4.24. The zero-order valence-corrected chi connectivity index (χ0v) is 10.0. The van der Waals surface area contributed by atoms with E-state index in [1.165, 1.54) is 0 Å². The number of alkyl halides is 8. The fourth-order valence-corrected chi connectivity index (χ4v) is 1.01. The Balaban J connectivity index is 6.03. The molecule has 1 unspecified atom stereocenters. The Labute approximate surface area is 111 Å². The van der Waals surface area contributed by atoms with E-state index in [-0.39, 0.29) is 0 Å². The topological polar surface area (TPSA) is 52.6 Å². The second-order valence-corrected chi connectivity index (χ2v) is 3.85. The van der Waals surface area contributed by atoms with E-state index in [1.807, 2.05) is 0 Å². The first kappa shape index (κ1) is 19.6. The zero-order chi connectivity index (χ0) is 17.3. The van der Waals surface area contributed by atoms with Crippen molar-refractivity contribution in [2.24, 2.45) is 0 Å². The summed E-state index contributed by atoms with van der Waals surface area (Å²) in [5, 5.41) is -3.65. The summed E-state index contributed by atoms with van der Waals surface area (Å²) in [5.74, 6) is -6.58. The van der Waals surface area contributed by atoms with Gasteiger partial charge in [-0.3, -0.25) is 4.74 Å². The normalized spacial score (nSPS) is 16.0. The summed E-state index contributed by atoms with van der Waals surface area (Å²) in [4.78, 5) is 0. The highest BCUT2D eigenvalue weighted by atomic mass is 32.2. The maximum absolute atomic E-state index is 13.3. The molecule has 0 fully saturated rings. The van der Waals surface area contributed by atoms with Crippen LogP contribution in [0.25, 0.3) is 0 Å². The van der Waals surface area contributed by atoms with Crippen molar-refractivity contribution in [1.29, 1.82) is 0 Å². The van der Waals surface area contributed by atoms with Crippen LogP contribution in [0, 0.1) is 0 Å². The first-order valence-corrected chi connectivity index (χ1v) is 5.32. The minimum Gasteiger partial charge on any atom is -0.437 e. The number of hydrogen-bond acceptors (Lipinski definition) is 4. The van der Waals surface area contributed by atoms with Crippen LogP contribution in [0.2, 0.25) is 0 Å². The zero-order valence-electron chi connectivity index (χ0n) is 9.23. The van der Waals surface area contributed by atoms with Gasteiger partial charge < -0.3 is 4.74 Å². The molecule has 124 valence electrons. The molecular formula is C7H3F9O4S. The van der Waals surface area contributed by atoms with E-state index in [9.17, 15) is 47.9 Å². The van der Waals surface area contributed by atoms with E-state index >= 15 is 0 Å². The third-order valence-corrected chi connectivity index (χ3v) is 2.14. The van der Waals surface area contributed by atoms with Crippen molar-refractivity contribution in [2.45, 2.75) is 24.2 Å². The minimum absolute atomic E-state index is 0.437. The standard InChI is InChI=1S/C7H3F9O4S/c1-2-19-7(15,16)5(11,6(12,13)14)20-4(9,10)3(8)21(17)18/h2H,1H2. The Morgan fingerprint density at radius 3 is 1.71 bits per heavy atom. The lowest BCUT2D eigenvalue weighted by molar-refractivity contribution is -0.483. The van der Waals surface area contributed by atoms with Gasteiger partial charge in [-0.25, -0.2) is 0 Å². The van der Waals surface area contributed by atoms with Gasteiger partial charge in [-0.2, -0.15) is 47.9 Å². The van der Waals surface area contributed by atoms with Gasteiger partial charge in [0.15, 0.2) is 0 Å². The Hall–Kier alpha value is -1.44. The SMILES string of the molecule is C=COC(F)(F)C(F)(OC(F)(F)C(F)=S(=O)=O)C(F)(F)F. The van der Waals surface area contributed by atoms with Crippen LogP contribution in [0.15, 0.2) is 12.8 Å². The molecule has 0 saturated heterocycles. The lowest BCUT2D eigenvalue weighted by atomic mass is 10.2. The molecule has 21 heavy (non-hydrogen) atoms. The molecule has 0 aliphatic heterocycles. The molecule has 0 aromatic heterocycles. The van der Waals surface area contributed by atoms with Crippen molar-refractivity contribution >= 4 is 15.4 Å². The molecule has 0 amide bonds. The van der Waals surface area contributed by atoms with Crippen LogP contribution < -0.4 is 0 Å². The van der Waals surface area contributed by atoms with Crippen molar-refractivity contribution in [2.75, 3.05) is 0 Å². The fraction of sp³-hybridized carbons (Fsp3) is 0.571. The van der Waals surface area contributed by atoms with Crippen molar-refractivity contribution in [3.8, 4) is 0 Å². The third kappa shape index (κ3) is 3.81. The van der Waals surface area contributed by atoms with Crippen LogP contribution >= 0.6 is 0 Å². The van der Waals surface area contributed by atoms with Gasteiger partial charge in [0.05, 0.1) is 6.26 Å². The summed E-state index contributed by atoms with van der Waals surface area (Å²) < 4.78 is 138. The highest BCUT2D eigenvalue weighted by molar-refractivity contribution is 7.72. The average molecular weight is 354 g/mol. The lowest BCUT2D eigenvalue weighted by Crippen LogP contribution is -2.61. The molecule has 0 spiro atoms. The molecule has 0 aromatic rings. The summed E-state index contributed by atoms with van der Waals surface area (Å²) in [6.07, 6.45) is -19.6. The molecule has 14 heteroatoms. The number of halogens is 9. The number of rotatable bonds is 6. The van der Waals surface area contributed by atoms with Crippen molar-refractivity contribution in [3.05, 3.63) is 12.8 Å². The van der Waals surface area contributed by atoms with E-state index in [4.69, 9.17) is 0 Å². The summed E-state index contributed by atoms with van der Waals surface area (Å²) in [7, 11) is -4.49. The van der Waals surface area contributed by atoms with E-state index in [2.05, 4.69) is 16.1 Å². The largest absolute Gasteiger partial charge is 0.469 e. The molecular weight excluding hydrogens is 351 g/mol. The van der Waals surface area contributed by atoms with Crippen molar-refractivity contribution < 1.29 is 57.4 Å². The summed E-state index contributed by atoms with van der Waals surface area (Å²) in [6, 6.07) is 0. The smallest absolute Gasteiger partial charge is 0.437 e. The third-order valence-electron chi connectivity index (χ3n) is 1.61. The number of ether oxygens (including phenoxy) is 2. The summed E-state index contributed by atoms with van der Waals surface area (Å²) >= 11 is 0. The van der Waals surface area contributed by atoms with Crippen LogP contribution in [-0.4, -0.2) is 37.8 Å². The van der Waals surface area contributed by atoms with Gasteiger partial charge in [0, 0.05) is 0 Å². The molecule has 0 heterocycles. The predicted octanol–water partition coefficient (Wildman–Crippen LogP) is 2.56. The van der Waals surface area contributed by atoms with E-state index in [0.29, 0.717) is 0 Å². The first-order chi connectivity index (χ1) is 9.12. The molecule has 0 saturated carbocycles. The van der Waals surface area contributed by atoms with Gasteiger partial charge >= 0.3 is 29.4 Å². The highest BCUT2D eigenvalue weighted by Crippen LogP contribution is 2.49. The van der Waals surface area contributed by atoms with E-state index in [1.54, 1.807) is 0 Å². The Bertz CT molecular complexity index is 529. The maximum atomic E-state index is 13.3. The van der Waals surface area contributed by atoms with Crippen LogP contribution in [0.5, 0.6) is 0 Å². The Morgan fingerprint density at radius 1 is 1.00 bits per heavy atom. The quantitative estimate of drug-likeness (QED) is 0.318. The van der Waals surface area contributed by atoms with Gasteiger partial charge in [0.25, 0.3) is 10.3 Å². The van der Waals surface area contributed by atoms with Gasteiger partial charge in [-0.1, -0.05) is 6.58 Å². The average Bonchev–Trinajstić information content (AvgIpc) is 2.25. The second-order valence-electron chi connectivity index (χ2n) is 3.02. The highest BCUT2D eigenvalue weighted by Gasteiger charge is 2.78. The summed E-state index contributed by atoms with van der Waals surface area (Å²) in [6.45, 7) is 2.34. The molecule has 0 rings (SSSR count). The second kappa shape index (κ2) is 5.75. The van der Waals surface area contributed by atoms with Gasteiger partial charge in [-0.15, -0.1) is 0 Å². The predicted molar refractivity (Wildman–Crippen MR) is 47.2 cm³/mol. The number of hydrogen-bond donors (Lipinski definition) is 0. The van der Waals surface area contributed by atoms with Crippen LogP contribution in [0.3, 0.4) is 0 Å². The monoisotopic (exact) mass is 354 g/mol. The van der Waals surface area contributed by atoms with Crippen LogP contribution in [-0.2, 0) is 19.8 Å². The molecule has 0 aliphatic rings. The van der Waals surface area contributed by atoms with E-state index < -0.39 is 45.9 Å². The molecule has 0 N–H and O–H groups in total.